The van der Waals surface area contributed by atoms with Crippen molar-refractivity contribution in [2.75, 3.05) is 26.9 Å². The number of nitrogens with one attached hydrogen (secondary N) is 2. The lowest BCUT2D eigenvalue weighted by Crippen LogP contribution is -2.48. The maximum atomic E-state index is 13.0. The number of methoxy groups -OCH3 is 1. The number of rotatable bonds is 11. The minimum Gasteiger partial charge on any atom is -0.491 e. The summed E-state index contributed by atoms with van der Waals surface area (Å²) in [6.45, 7) is 2.78. The van der Waals surface area contributed by atoms with Gasteiger partial charge in [-0.05, 0) is 18.1 Å². The molecule has 0 aliphatic rings. The Hall–Kier alpha value is -3.47. The van der Waals surface area contributed by atoms with Gasteiger partial charge in [0.1, 0.15) is 6.04 Å². The number of hydrogen-bond donors (Lipinski definition) is 2. The lowest BCUT2D eigenvalue weighted by molar-refractivity contribution is -0.123. The van der Waals surface area contributed by atoms with Gasteiger partial charge in [-0.15, -0.1) is 0 Å². The molecule has 0 spiro atoms. The van der Waals surface area contributed by atoms with Crippen LogP contribution in [0.3, 0.4) is 0 Å². The van der Waals surface area contributed by atoms with Crippen LogP contribution in [-0.4, -0.2) is 59.5 Å². The van der Waals surface area contributed by atoms with Gasteiger partial charge in [-0.1, -0.05) is 47.5 Å². The van der Waals surface area contributed by atoms with Crippen molar-refractivity contribution in [3.05, 3.63) is 74.4 Å². The van der Waals surface area contributed by atoms with E-state index in [1.165, 1.54) is 30.4 Å². The van der Waals surface area contributed by atoms with Gasteiger partial charge in [0.05, 0.1) is 40.6 Å². The van der Waals surface area contributed by atoms with Crippen LogP contribution >= 0.6 is 23.2 Å². The van der Waals surface area contributed by atoms with Gasteiger partial charge in [0.25, 0.3) is 11.5 Å². The summed E-state index contributed by atoms with van der Waals surface area (Å²) in [7, 11) is 3.08. The van der Waals surface area contributed by atoms with E-state index in [2.05, 4.69) is 20.7 Å². The molecule has 12 heteroatoms. The highest BCUT2D eigenvalue weighted by Gasteiger charge is 2.24. The average Bonchev–Trinajstić information content (AvgIpc) is 2.87. The van der Waals surface area contributed by atoms with Gasteiger partial charge >= 0.3 is 0 Å². The molecule has 0 bridgehead atoms. The number of halogens is 2. The third-order valence-electron chi connectivity index (χ3n) is 5.39. The van der Waals surface area contributed by atoms with Crippen molar-refractivity contribution in [3.63, 3.8) is 0 Å². The number of carbonyl (C=O) groups excluding carboxylic acids is 2. The first-order valence-corrected chi connectivity index (χ1v) is 12.2. The zero-order valence-electron chi connectivity index (χ0n) is 20.6. The lowest BCUT2D eigenvalue weighted by Gasteiger charge is -2.19. The Morgan fingerprint density at radius 2 is 1.78 bits per heavy atom. The molecule has 2 N–H and O–H groups in total. The van der Waals surface area contributed by atoms with Crippen LogP contribution in [0.5, 0.6) is 5.75 Å². The SMILES string of the molecule is CCOc1cnn(C)c(=O)c1-c1ccc(C[C@H](NC(=O)c2c(Cl)cncc2Cl)C(=O)NCCOC)cc1. The molecule has 10 nitrogen and oxygen atoms in total. The number of carbonyl (C=O) groups is 2. The van der Waals surface area contributed by atoms with E-state index in [9.17, 15) is 14.4 Å². The summed E-state index contributed by atoms with van der Waals surface area (Å²) < 4.78 is 11.8. The van der Waals surface area contributed by atoms with Crippen LogP contribution in [0.4, 0.5) is 0 Å². The molecular weight excluding hydrogens is 521 g/mol. The average molecular weight is 548 g/mol. The Labute approximate surface area is 223 Å². The fourth-order valence-corrected chi connectivity index (χ4v) is 4.10. The van der Waals surface area contributed by atoms with Gasteiger partial charge in [-0.25, -0.2) is 4.68 Å². The number of ether oxygens (including phenoxy) is 2. The predicted molar refractivity (Wildman–Crippen MR) is 140 cm³/mol. The second kappa shape index (κ2) is 13.2. The molecule has 1 aromatic carbocycles. The molecule has 0 radical (unpaired) electrons. The van der Waals surface area contributed by atoms with E-state index >= 15 is 0 Å². The standard InChI is InChI=1S/C25H27Cl2N5O5/c1-4-37-20-14-30-32(2)25(35)21(20)16-7-5-15(6-8-16)11-19(23(33)29-9-10-36-3)31-24(34)22-17(26)12-28-13-18(22)27/h5-8,12-14,19H,4,9-11H2,1-3H3,(H,29,33)(H,31,34)/t19-/m0/s1. The summed E-state index contributed by atoms with van der Waals surface area (Å²) in [5.74, 6) is -0.632. The molecule has 0 saturated carbocycles. The van der Waals surface area contributed by atoms with Crippen LogP contribution in [-0.2, 0) is 23.0 Å². The number of aryl methyl sites for hydroxylation is 1. The Bertz CT molecular complexity index is 1290. The zero-order valence-corrected chi connectivity index (χ0v) is 22.1. The molecule has 2 heterocycles. The Kier molecular flexibility index (Phi) is 10.0. The molecule has 2 aromatic heterocycles. The number of hydrogen-bond acceptors (Lipinski definition) is 7. The number of nitrogens with zero attached hydrogens (tertiary/aromatic N) is 3. The normalized spacial score (nSPS) is 11.6. The van der Waals surface area contributed by atoms with Crippen LogP contribution < -0.4 is 20.9 Å². The number of pyridine rings is 1. The Morgan fingerprint density at radius 3 is 2.41 bits per heavy atom. The molecule has 0 fully saturated rings. The van der Waals surface area contributed by atoms with Crippen molar-refractivity contribution >= 4 is 35.0 Å². The van der Waals surface area contributed by atoms with Crippen LogP contribution in [0.1, 0.15) is 22.8 Å². The number of benzene rings is 1. The maximum Gasteiger partial charge on any atom is 0.278 e. The molecule has 37 heavy (non-hydrogen) atoms. The van der Waals surface area contributed by atoms with Crippen LogP contribution in [0, 0.1) is 0 Å². The van der Waals surface area contributed by atoms with Gasteiger partial charge in [0, 0.05) is 39.5 Å². The summed E-state index contributed by atoms with van der Waals surface area (Å²) in [6, 6.07) is 6.13. The Morgan fingerprint density at radius 1 is 1.11 bits per heavy atom. The summed E-state index contributed by atoms with van der Waals surface area (Å²) >= 11 is 12.2. The summed E-state index contributed by atoms with van der Waals surface area (Å²) in [5, 5.41) is 9.60. The van der Waals surface area contributed by atoms with Crippen molar-refractivity contribution in [2.45, 2.75) is 19.4 Å². The van der Waals surface area contributed by atoms with Gasteiger partial charge in [-0.2, -0.15) is 5.10 Å². The highest BCUT2D eigenvalue weighted by atomic mass is 35.5. The van der Waals surface area contributed by atoms with Crippen molar-refractivity contribution < 1.29 is 19.1 Å². The van der Waals surface area contributed by atoms with Crippen molar-refractivity contribution in [1.82, 2.24) is 25.4 Å². The van der Waals surface area contributed by atoms with Gasteiger partial charge < -0.3 is 20.1 Å². The monoisotopic (exact) mass is 547 g/mol. The second-order valence-electron chi connectivity index (χ2n) is 7.93. The molecule has 0 aliphatic carbocycles. The number of amides is 2. The third-order valence-corrected chi connectivity index (χ3v) is 5.97. The minimum atomic E-state index is -0.941. The first kappa shape index (κ1) is 28.1. The molecule has 0 saturated heterocycles. The highest BCUT2D eigenvalue weighted by molar-refractivity contribution is 6.39. The number of aromatic nitrogens is 3. The quantitative estimate of drug-likeness (QED) is 0.353. The fraction of sp³-hybridized carbons (Fsp3) is 0.320. The smallest absolute Gasteiger partial charge is 0.278 e. The zero-order chi connectivity index (χ0) is 26.9. The Balaban J connectivity index is 1.87. The van der Waals surface area contributed by atoms with Crippen LogP contribution in [0.2, 0.25) is 10.0 Å². The summed E-state index contributed by atoms with van der Waals surface area (Å²) in [5.41, 5.74) is 1.49. The fourth-order valence-electron chi connectivity index (χ4n) is 3.56. The predicted octanol–water partition coefficient (Wildman–Crippen LogP) is 2.65. The van der Waals surface area contributed by atoms with E-state index in [1.807, 2.05) is 6.92 Å². The molecule has 0 aliphatic heterocycles. The highest BCUT2D eigenvalue weighted by Crippen LogP contribution is 2.26. The molecular formula is C25H27Cl2N5O5. The van der Waals surface area contributed by atoms with Crippen molar-refractivity contribution in [2.24, 2.45) is 7.05 Å². The largest absolute Gasteiger partial charge is 0.491 e. The van der Waals surface area contributed by atoms with E-state index in [0.717, 1.165) is 5.56 Å². The van der Waals surface area contributed by atoms with Crippen LogP contribution in [0.15, 0.2) is 47.7 Å². The van der Waals surface area contributed by atoms with Gasteiger partial charge in [0.2, 0.25) is 5.91 Å². The van der Waals surface area contributed by atoms with E-state index < -0.39 is 17.9 Å². The first-order chi connectivity index (χ1) is 17.8. The third kappa shape index (κ3) is 7.06. The van der Waals surface area contributed by atoms with E-state index in [-0.39, 0.29) is 34.1 Å². The minimum absolute atomic E-state index is 0.0281. The molecule has 3 aromatic rings. The molecule has 0 unspecified atom stereocenters. The van der Waals surface area contributed by atoms with Gasteiger partial charge in [-0.3, -0.25) is 19.4 Å². The van der Waals surface area contributed by atoms with Gasteiger partial charge in [0.15, 0.2) is 5.75 Å². The molecule has 2 amide bonds. The maximum absolute atomic E-state index is 13.0. The first-order valence-electron chi connectivity index (χ1n) is 11.4. The molecule has 1 atom stereocenters. The lowest BCUT2D eigenvalue weighted by atomic mass is 10.0. The van der Waals surface area contributed by atoms with Crippen LogP contribution in [0.25, 0.3) is 11.1 Å². The summed E-state index contributed by atoms with van der Waals surface area (Å²) in [6.07, 6.45) is 4.26. The second-order valence-corrected chi connectivity index (χ2v) is 8.75. The topological polar surface area (TPSA) is 124 Å². The van der Waals surface area contributed by atoms with E-state index in [0.29, 0.717) is 30.1 Å². The van der Waals surface area contributed by atoms with E-state index in [4.69, 9.17) is 32.7 Å². The molecule has 3 rings (SSSR count). The van der Waals surface area contributed by atoms with E-state index in [1.54, 1.807) is 31.3 Å². The van der Waals surface area contributed by atoms with Crippen molar-refractivity contribution in [3.8, 4) is 16.9 Å². The van der Waals surface area contributed by atoms with Crippen molar-refractivity contribution in [1.29, 1.82) is 0 Å². The molecule has 196 valence electrons. The summed E-state index contributed by atoms with van der Waals surface area (Å²) in [4.78, 5) is 42.5.